The van der Waals surface area contributed by atoms with Gasteiger partial charge in [0, 0.05) is 6.20 Å². The third kappa shape index (κ3) is 3.60. The van der Waals surface area contributed by atoms with Crippen molar-refractivity contribution in [1.82, 2.24) is 4.98 Å². The zero-order chi connectivity index (χ0) is 13.2. The fraction of sp³-hybridized carbons (Fsp3) is 0.250. The van der Waals surface area contributed by atoms with E-state index in [4.69, 9.17) is 16.3 Å². The molecule has 0 saturated heterocycles. The lowest BCUT2D eigenvalue weighted by Crippen LogP contribution is -2.19. The average molecular weight is 381 g/mol. The van der Waals surface area contributed by atoms with Crippen molar-refractivity contribution in [2.24, 2.45) is 0 Å². The SMILES string of the molecule is COc1c(I)ncc(C(=O)Cl)c1OC(F)(F)F. The standard InChI is InChI=1S/C8H4ClF3INO3/c1-16-5-4(17-8(10,11)12)3(6(9)15)2-14-7(5)13/h2H,1H3. The van der Waals surface area contributed by atoms with E-state index in [1.165, 1.54) is 0 Å². The molecule has 94 valence electrons. The quantitative estimate of drug-likeness (QED) is 0.459. The molecule has 0 saturated carbocycles. The Morgan fingerprint density at radius 3 is 2.47 bits per heavy atom. The van der Waals surface area contributed by atoms with Crippen molar-refractivity contribution in [2.45, 2.75) is 6.36 Å². The van der Waals surface area contributed by atoms with Gasteiger partial charge < -0.3 is 9.47 Å². The second kappa shape index (κ2) is 5.25. The molecule has 1 rings (SSSR count). The van der Waals surface area contributed by atoms with Crippen LogP contribution in [0.2, 0.25) is 0 Å². The van der Waals surface area contributed by atoms with Gasteiger partial charge in [0.05, 0.1) is 12.7 Å². The summed E-state index contributed by atoms with van der Waals surface area (Å²) in [5.74, 6) is -1.09. The van der Waals surface area contributed by atoms with Gasteiger partial charge in [-0.25, -0.2) is 4.98 Å². The lowest BCUT2D eigenvalue weighted by Gasteiger charge is -2.15. The maximum Gasteiger partial charge on any atom is 0.573 e. The van der Waals surface area contributed by atoms with Gasteiger partial charge in [0.25, 0.3) is 5.24 Å². The number of rotatable bonds is 3. The van der Waals surface area contributed by atoms with Crippen molar-refractivity contribution in [3.63, 3.8) is 0 Å². The molecular weight excluding hydrogens is 377 g/mol. The number of carbonyl (C=O) groups is 1. The van der Waals surface area contributed by atoms with E-state index >= 15 is 0 Å². The summed E-state index contributed by atoms with van der Waals surface area (Å²) in [5, 5.41) is -1.12. The normalized spacial score (nSPS) is 11.2. The number of pyridine rings is 1. The van der Waals surface area contributed by atoms with Gasteiger partial charge in [-0.15, -0.1) is 13.2 Å². The summed E-state index contributed by atoms with van der Waals surface area (Å²) >= 11 is 6.77. The van der Waals surface area contributed by atoms with Crippen LogP contribution in [-0.4, -0.2) is 23.7 Å². The van der Waals surface area contributed by atoms with Gasteiger partial charge in [0.2, 0.25) is 0 Å². The Morgan fingerprint density at radius 1 is 1.47 bits per heavy atom. The van der Waals surface area contributed by atoms with Crippen molar-refractivity contribution in [3.8, 4) is 11.5 Å². The van der Waals surface area contributed by atoms with E-state index in [9.17, 15) is 18.0 Å². The first-order valence-corrected chi connectivity index (χ1v) is 5.40. The van der Waals surface area contributed by atoms with E-state index in [2.05, 4.69) is 9.72 Å². The Morgan fingerprint density at radius 2 is 2.06 bits per heavy atom. The molecule has 0 unspecified atom stereocenters. The van der Waals surface area contributed by atoms with E-state index in [0.29, 0.717) is 0 Å². The average Bonchev–Trinajstić information content (AvgIpc) is 2.15. The first kappa shape index (κ1) is 14.3. The van der Waals surface area contributed by atoms with Crippen LogP contribution in [0.3, 0.4) is 0 Å². The number of aromatic nitrogens is 1. The van der Waals surface area contributed by atoms with Crippen LogP contribution in [0.1, 0.15) is 10.4 Å². The molecule has 0 spiro atoms. The highest BCUT2D eigenvalue weighted by Crippen LogP contribution is 2.38. The summed E-state index contributed by atoms with van der Waals surface area (Å²) in [7, 11) is 1.13. The third-order valence-corrected chi connectivity index (χ3v) is 2.55. The first-order chi connectivity index (χ1) is 7.76. The molecule has 4 nitrogen and oxygen atoms in total. The summed E-state index contributed by atoms with van der Waals surface area (Å²) in [6.45, 7) is 0. The molecule has 0 aromatic carbocycles. The van der Waals surface area contributed by atoms with Crippen LogP contribution in [0.5, 0.6) is 11.5 Å². The predicted molar refractivity (Wildman–Crippen MR) is 60.4 cm³/mol. The zero-order valence-corrected chi connectivity index (χ0v) is 11.1. The minimum atomic E-state index is -4.96. The van der Waals surface area contributed by atoms with Gasteiger partial charge in [-0.1, -0.05) is 0 Å². The van der Waals surface area contributed by atoms with Crippen LogP contribution in [0.4, 0.5) is 13.2 Å². The van der Waals surface area contributed by atoms with Crippen LogP contribution in [0, 0.1) is 3.70 Å². The number of hydrogen-bond donors (Lipinski definition) is 0. The molecule has 0 bridgehead atoms. The van der Waals surface area contributed by atoms with Gasteiger partial charge >= 0.3 is 6.36 Å². The second-order valence-electron chi connectivity index (χ2n) is 2.65. The largest absolute Gasteiger partial charge is 0.573 e. The van der Waals surface area contributed by atoms with Crippen LogP contribution in [0.25, 0.3) is 0 Å². The Balaban J connectivity index is 3.39. The summed E-state index contributed by atoms with van der Waals surface area (Å²) in [4.78, 5) is 14.6. The van der Waals surface area contributed by atoms with E-state index in [0.717, 1.165) is 13.3 Å². The van der Waals surface area contributed by atoms with Gasteiger partial charge in [0.1, 0.15) is 3.70 Å². The Hall–Kier alpha value is -0.770. The first-order valence-electron chi connectivity index (χ1n) is 3.94. The van der Waals surface area contributed by atoms with Crippen LogP contribution < -0.4 is 9.47 Å². The second-order valence-corrected chi connectivity index (χ2v) is 4.01. The summed E-state index contributed by atoms with van der Waals surface area (Å²) < 4.78 is 45.1. The van der Waals surface area contributed by atoms with Crippen molar-refractivity contribution in [2.75, 3.05) is 7.11 Å². The molecule has 0 aliphatic rings. The highest BCUT2D eigenvalue weighted by molar-refractivity contribution is 14.1. The van der Waals surface area contributed by atoms with Crippen molar-refractivity contribution in [3.05, 3.63) is 15.5 Å². The molecule has 0 aliphatic carbocycles. The van der Waals surface area contributed by atoms with Gasteiger partial charge in [-0.2, -0.15) is 0 Å². The lowest BCUT2D eigenvalue weighted by molar-refractivity contribution is -0.275. The topological polar surface area (TPSA) is 48.4 Å². The maximum absolute atomic E-state index is 12.2. The molecule has 0 aliphatic heterocycles. The fourth-order valence-corrected chi connectivity index (χ4v) is 1.73. The summed E-state index contributed by atoms with van der Waals surface area (Å²) in [5.41, 5.74) is -0.513. The molecule has 0 N–H and O–H groups in total. The number of hydrogen-bond acceptors (Lipinski definition) is 4. The fourth-order valence-electron chi connectivity index (χ4n) is 0.988. The molecule has 9 heteroatoms. The molecule has 17 heavy (non-hydrogen) atoms. The highest BCUT2D eigenvalue weighted by Gasteiger charge is 2.35. The molecule has 0 amide bonds. The Labute approximate surface area is 112 Å². The van der Waals surface area contributed by atoms with Gasteiger partial charge in [-0.3, -0.25) is 4.79 Å². The maximum atomic E-state index is 12.2. The predicted octanol–water partition coefficient (Wildman–Crippen LogP) is 2.97. The van der Waals surface area contributed by atoms with Crippen LogP contribution in [-0.2, 0) is 0 Å². The van der Waals surface area contributed by atoms with Gasteiger partial charge in [-0.05, 0) is 34.2 Å². The molecular formula is C8H4ClF3INO3. The zero-order valence-electron chi connectivity index (χ0n) is 8.14. The summed E-state index contributed by atoms with van der Waals surface area (Å²) in [6, 6.07) is 0. The molecule has 0 radical (unpaired) electrons. The number of halogens is 5. The van der Waals surface area contributed by atoms with Gasteiger partial charge in [0.15, 0.2) is 11.5 Å². The number of alkyl halides is 3. The number of nitrogens with zero attached hydrogens (tertiary/aromatic N) is 1. The lowest BCUT2D eigenvalue weighted by atomic mass is 10.2. The van der Waals surface area contributed by atoms with Crippen molar-refractivity contribution in [1.29, 1.82) is 0 Å². The Bertz CT molecular complexity index is 452. The Kier molecular flexibility index (Phi) is 4.42. The van der Waals surface area contributed by atoms with Crippen molar-refractivity contribution >= 4 is 39.4 Å². The molecule has 0 atom stereocenters. The monoisotopic (exact) mass is 381 g/mol. The minimum absolute atomic E-state index is 0.117. The van der Waals surface area contributed by atoms with Crippen molar-refractivity contribution < 1.29 is 27.4 Å². The third-order valence-electron chi connectivity index (χ3n) is 1.58. The number of carbonyl (C=O) groups excluding carboxylic acids is 1. The summed E-state index contributed by atoms with van der Waals surface area (Å²) in [6.07, 6.45) is -4.07. The molecule has 1 aromatic heterocycles. The van der Waals surface area contributed by atoms with E-state index in [-0.39, 0.29) is 9.45 Å². The highest BCUT2D eigenvalue weighted by atomic mass is 127. The molecule has 0 fully saturated rings. The number of methoxy groups -OCH3 is 1. The van der Waals surface area contributed by atoms with Crippen LogP contribution in [0.15, 0.2) is 6.20 Å². The minimum Gasteiger partial charge on any atom is -0.490 e. The smallest absolute Gasteiger partial charge is 0.490 e. The van der Waals surface area contributed by atoms with Crippen LogP contribution >= 0.6 is 34.2 Å². The van der Waals surface area contributed by atoms with E-state index in [1.807, 2.05) is 0 Å². The van der Waals surface area contributed by atoms with E-state index < -0.39 is 22.9 Å². The molecule has 1 aromatic rings. The van der Waals surface area contributed by atoms with E-state index in [1.54, 1.807) is 22.6 Å². The number of ether oxygens (including phenoxy) is 2. The molecule has 1 heterocycles.